The van der Waals surface area contributed by atoms with Gasteiger partial charge >= 0.3 is 0 Å². The number of rotatable bonds is 1. The van der Waals surface area contributed by atoms with E-state index in [1.54, 1.807) is 6.92 Å². The van der Waals surface area contributed by atoms with E-state index < -0.39 is 14.9 Å². The van der Waals surface area contributed by atoms with Crippen molar-refractivity contribution in [2.75, 3.05) is 0 Å². The molecule has 4 heteroatoms. The second kappa shape index (κ2) is 3.45. The first-order valence-corrected chi connectivity index (χ1v) is 7.52. The summed E-state index contributed by atoms with van der Waals surface area (Å²) in [6.07, 6.45) is 4.59. The van der Waals surface area contributed by atoms with Crippen LogP contribution in [0.1, 0.15) is 52.9 Å². The van der Waals surface area contributed by atoms with Gasteiger partial charge < -0.3 is 0 Å². The minimum absolute atomic E-state index is 0.341. The summed E-state index contributed by atoms with van der Waals surface area (Å²) in [4.78, 5) is 0. The molecule has 94 valence electrons. The highest BCUT2D eigenvalue weighted by molar-refractivity contribution is 7.87. The summed E-state index contributed by atoms with van der Waals surface area (Å²) in [7, 11) is -3.90. The predicted octanol–water partition coefficient (Wildman–Crippen LogP) is 2.87. The molecule has 0 saturated heterocycles. The Bertz CT molecular complexity index is 367. The number of hydrogen-bond donors (Lipinski definition) is 1. The molecule has 0 aromatic heterocycles. The van der Waals surface area contributed by atoms with Crippen LogP contribution in [0.2, 0.25) is 0 Å². The molecule has 2 aliphatic carbocycles. The first-order valence-electron chi connectivity index (χ1n) is 6.08. The normalized spacial score (nSPS) is 43.0. The largest absolute Gasteiger partial charge is 0.285 e. The van der Waals surface area contributed by atoms with E-state index in [9.17, 15) is 13.0 Å². The summed E-state index contributed by atoms with van der Waals surface area (Å²) in [6, 6.07) is 0. The zero-order valence-electron chi connectivity index (χ0n) is 10.4. The van der Waals surface area contributed by atoms with Crippen molar-refractivity contribution in [3.05, 3.63) is 0 Å². The Morgan fingerprint density at radius 3 is 1.81 bits per heavy atom. The van der Waals surface area contributed by atoms with Gasteiger partial charge in [-0.3, -0.25) is 4.55 Å². The van der Waals surface area contributed by atoms with E-state index in [1.165, 1.54) is 0 Å². The molecule has 0 amide bonds. The summed E-state index contributed by atoms with van der Waals surface area (Å²) in [6.45, 7) is 6.24. The summed E-state index contributed by atoms with van der Waals surface area (Å²) in [5.74, 6) is 0.934. The van der Waals surface area contributed by atoms with Crippen molar-refractivity contribution in [2.24, 2.45) is 17.3 Å². The molecule has 0 aromatic rings. The van der Waals surface area contributed by atoms with Crippen LogP contribution in [0, 0.1) is 17.3 Å². The molecule has 2 atom stereocenters. The summed E-state index contributed by atoms with van der Waals surface area (Å²) >= 11 is 0. The van der Waals surface area contributed by atoms with E-state index in [0.29, 0.717) is 30.1 Å². The second-order valence-corrected chi connectivity index (χ2v) is 8.81. The maximum Gasteiger partial charge on any atom is 0.270 e. The van der Waals surface area contributed by atoms with Gasteiger partial charge in [-0.1, -0.05) is 13.8 Å². The van der Waals surface area contributed by atoms with Gasteiger partial charge in [-0.15, -0.1) is 0 Å². The lowest BCUT2D eigenvalue weighted by molar-refractivity contribution is 0.0634. The molecule has 2 rings (SSSR count). The Labute approximate surface area is 98.4 Å². The van der Waals surface area contributed by atoms with Gasteiger partial charge in [0.15, 0.2) is 0 Å². The second-order valence-electron chi connectivity index (χ2n) is 6.87. The summed E-state index contributed by atoms with van der Waals surface area (Å²) in [5, 5.41) is 0. The molecule has 0 aromatic carbocycles. The fourth-order valence-corrected chi connectivity index (χ4v) is 5.00. The number of fused-ring (bicyclic) bond motifs is 2. The standard InChI is InChI=1S/C12H22O3S/c1-11(2)5-9-4-10(6-11)8-12(3,7-9)16(13,14)15/h9-10H,4-8H2,1-3H3,(H,13,14,15). The number of hydrogen-bond acceptors (Lipinski definition) is 2. The first-order chi connectivity index (χ1) is 7.11. The van der Waals surface area contributed by atoms with Crippen LogP contribution in [-0.4, -0.2) is 17.7 Å². The van der Waals surface area contributed by atoms with Crippen LogP contribution in [0.3, 0.4) is 0 Å². The Hall–Kier alpha value is -0.0900. The molecule has 2 aliphatic rings. The average Bonchev–Trinajstić information content (AvgIpc) is 1.95. The molecule has 1 N–H and O–H groups in total. The highest BCUT2D eigenvalue weighted by atomic mass is 32.2. The molecule has 0 spiro atoms. The molecule has 2 unspecified atom stereocenters. The van der Waals surface area contributed by atoms with Crippen molar-refractivity contribution in [1.29, 1.82) is 0 Å². The van der Waals surface area contributed by atoms with Crippen molar-refractivity contribution < 1.29 is 13.0 Å². The molecule has 0 aliphatic heterocycles. The highest BCUT2D eigenvalue weighted by Gasteiger charge is 2.49. The van der Waals surface area contributed by atoms with E-state index in [1.807, 2.05) is 0 Å². The van der Waals surface area contributed by atoms with Gasteiger partial charge in [-0.05, 0) is 56.3 Å². The maximum atomic E-state index is 11.5. The van der Waals surface area contributed by atoms with Crippen LogP contribution < -0.4 is 0 Å². The van der Waals surface area contributed by atoms with Crippen molar-refractivity contribution in [1.82, 2.24) is 0 Å². The molecule has 3 nitrogen and oxygen atoms in total. The predicted molar refractivity (Wildman–Crippen MR) is 63.8 cm³/mol. The van der Waals surface area contributed by atoms with Crippen LogP contribution in [0.25, 0.3) is 0 Å². The van der Waals surface area contributed by atoms with Gasteiger partial charge in [0.2, 0.25) is 0 Å². The fourth-order valence-electron chi connectivity index (χ4n) is 4.11. The van der Waals surface area contributed by atoms with Crippen molar-refractivity contribution in [3.8, 4) is 0 Å². The summed E-state index contributed by atoms with van der Waals surface area (Å²) in [5.41, 5.74) is 0.341. The van der Waals surface area contributed by atoms with Gasteiger partial charge in [-0.2, -0.15) is 8.42 Å². The Balaban J connectivity index is 2.23. The van der Waals surface area contributed by atoms with E-state index >= 15 is 0 Å². The van der Waals surface area contributed by atoms with Gasteiger partial charge in [0.1, 0.15) is 0 Å². The molecule has 2 bridgehead atoms. The third-order valence-corrected chi connectivity index (χ3v) is 5.99. The van der Waals surface area contributed by atoms with Crippen LogP contribution >= 0.6 is 0 Å². The monoisotopic (exact) mass is 246 g/mol. The fraction of sp³-hybridized carbons (Fsp3) is 1.00. The molecule has 16 heavy (non-hydrogen) atoms. The minimum Gasteiger partial charge on any atom is -0.285 e. The zero-order chi connectivity index (χ0) is 12.2. The lowest BCUT2D eigenvalue weighted by Gasteiger charge is -2.49. The van der Waals surface area contributed by atoms with Gasteiger partial charge in [-0.25, -0.2) is 0 Å². The molecular formula is C12H22O3S. The smallest absolute Gasteiger partial charge is 0.270 e. The molecular weight excluding hydrogens is 224 g/mol. The topological polar surface area (TPSA) is 54.4 Å². The van der Waals surface area contributed by atoms with Crippen LogP contribution in [0.4, 0.5) is 0 Å². The molecule has 0 radical (unpaired) electrons. The third kappa shape index (κ3) is 2.14. The van der Waals surface area contributed by atoms with Crippen molar-refractivity contribution in [3.63, 3.8) is 0 Å². The lowest BCUT2D eigenvalue weighted by atomic mass is 9.60. The van der Waals surface area contributed by atoms with Crippen LogP contribution in [-0.2, 0) is 10.1 Å². The van der Waals surface area contributed by atoms with E-state index in [0.717, 1.165) is 19.3 Å². The molecule has 2 fully saturated rings. The van der Waals surface area contributed by atoms with Crippen LogP contribution in [0.15, 0.2) is 0 Å². The van der Waals surface area contributed by atoms with E-state index in [-0.39, 0.29) is 0 Å². The summed E-state index contributed by atoms with van der Waals surface area (Å²) < 4.78 is 31.4. The maximum absolute atomic E-state index is 11.5. The molecule has 0 heterocycles. The van der Waals surface area contributed by atoms with Gasteiger partial charge in [0.25, 0.3) is 10.1 Å². The van der Waals surface area contributed by atoms with Crippen LogP contribution in [0.5, 0.6) is 0 Å². The first kappa shape index (κ1) is 12.4. The highest BCUT2D eigenvalue weighted by Crippen LogP contribution is 2.52. The Morgan fingerprint density at radius 2 is 1.44 bits per heavy atom. The van der Waals surface area contributed by atoms with Crippen molar-refractivity contribution in [2.45, 2.75) is 57.6 Å². The molecule has 2 saturated carbocycles. The Kier molecular flexibility index (Phi) is 2.67. The minimum atomic E-state index is -3.90. The Morgan fingerprint density at radius 1 is 1.00 bits per heavy atom. The van der Waals surface area contributed by atoms with Gasteiger partial charge in [0.05, 0.1) is 4.75 Å². The van der Waals surface area contributed by atoms with Gasteiger partial charge in [0, 0.05) is 0 Å². The SMILES string of the molecule is CC1(C)CC2CC(C1)CC(C)(S(=O)(=O)O)C2. The van der Waals surface area contributed by atoms with Crippen molar-refractivity contribution >= 4 is 10.1 Å². The van der Waals surface area contributed by atoms with E-state index in [2.05, 4.69) is 13.8 Å². The lowest BCUT2D eigenvalue weighted by Crippen LogP contribution is -2.47. The zero-order valence-corrected chi connectivity index (χ0v) is 11.2. The third-order valence-electron chi connectivity index (χ3n) is 4.41. The quantitative estimate of drug-likeness (QED) is 0.724. The average molecular weight is 246 g/mol. The van der Waals surface area contributed by atoms with E-state index in [4.69, 9.17) is 0 Å².